The average Bonchev–Trinajstić information content (AvgIpc) is 2.85. The van der Waals surface area contributed by atoms with Gasteiger partial charge in [0.05, 0.1) is 11.1 Å². The molecular formula is C20H21N3O3. The summed E-state index contributed by atoms with van der Waals surface area (Å²) in [5, 5.41) is 6.01. The highest BCUT2D eigenvalue weighted by molar-refractivity contribution is 6.22. The quantitative estimate of drug-likeness (QED) is 0.783. The maximum Gasteiger partial charge on any atom is 0.262 e. The fourth-order valence-corrected chi connectivity index (χ4v) is 2.94. The first-order chi connectivity index (χ1) is 12.5. The normalized spacial score (nSPS) is 13.1. The van der Waals surface area contributed by atoms with Crippen LogP contribution in [0.1, 0.15) is 38.8 Å². The van der Waals surface area contributed by atoms with E-state index in [1.165, 1.54) is 0 Å². The molecule has 0 bridgehead atoms. The number of carbonyl (C=O) groups is 3. The van der Waals surface area contributed by atoms with Crippen molar-refractivity contribution >= 4 is 23.4 Å². The van der Waals surface area contributed by atoms with E-state index in [1.54, 1.807) is 24.3 Å². The number of nitrogens with zero attached hydrogens (tertiary/aromatic N) is 1. The summed E-state index contributed by atoms with van der Waals surface area (Å²) in [6.45, 7) is 5.00. The maximum absolute atomic E-state index is 12.5. The summed E-state index contributed by atoms with van der Waals surface area (Å²) in [6, 6.07) is 12.5. The fourth-order valence-electron chi connectivity index (χ4n) is 2.94. The van der Waals surface area contributed by atoms with Gasteiger partial charge in [-0.1, -0.05) is 36.8 Å². The van der Waals surface area contributed by atoms with Gasteiger partial charge in [-0.3, -0.25) is 19.3 Å². The van der Waals surface area contributed by atoms with Gasteiger partial charge in [-0.05, 0) is 37.2 Å². The van der Waals surface area contributed by atoms with E-state index in [1.807, 2.05) is 32.0 Å². The Morgan fingerprint density at radius 1 is 1.04 bits per heavy atom. The van der Waals surface area contributed by atoms with Crippen molar-refractivity contribution in [1.82, 2.24) is 10.2 Å². The summed E-state index contributed by atoms with van der Waals surface area (Å²) >= 11 is 0. The highest BCUT2D eigenvalue weighted by Gasteiger charge is 2.36. The Kier molecular flexibility index (Phi) is 5.14. The van der Waals surface area contributed by atoms with Gasteiger partial charge in [0.1, 0.15) is 6.54 Å². The van der Waals surface area contributed by atoms with Crippen LogP contribution < -0.4 is 10.6 Å². The number of hydrogen-bond acceptors (Lipinski definition) is 4. The number of hydrogen-bond donors (Lipinski definition) is 2. The zero-order chi connectivity index (χ0) is 18.7. The van der Waals surface area contributed by atoms with Gasteiger partial charge in [-0.25, -0.2) is 0 Å². The lowest BCUT2D eigenvalue weighted by Crippen LogP contribution is -2.37. The minimum Gasteiger partial charge on any atom is -0.324 e. The molecule has 26 heavy (non-hydrogen) atoms. The van der Waals surface area contributed by atoms with E-state index in [0.717, 1.165) is 22.6 Å². The second kappa shape index (κ2) is 7.49. The first-order valence-corrected chi connectivity index (χ1v) is 8.56. The largest absolute Gasteiger partial charge is 0.324 e. The number of rotatable bonds is 6. The van der Waals surface area contributed by atoms with Crippen molar-refractivity contribution in [2.75, 3.05) is 18.4 Å². The third-order valence-electron chi connectivity index (χ3n) is 4.28. The summed E-state index contributed by atoms with van der Waals surface area (Å²) in [5.74, 6) is -1.26. The van der Waals surface area contributed by atoms with Crippen molar-refractivity contribution in [2.45, 2.75) is 20.4 Å². The Bertz CT molecular complexity index is 876. The summed E-state index contributed by atoms with van der Waals surface area (Å²) < 4.78 is 0. The van der Waals surface area contributed by atoms with Crippen LogP contribution in [0.15, 0.2) is 42.5 Å². The number of imide groups is 1. The Morgan fingerprint density at radius 3 is 2.54 bits per heavy atom. The van der Waals surface area contributed by atoms with E-state index in [0.29, 0.717) is 23.4 Å². The van der Waals surface area contributed by atoms with Crippen molar-refractivity contribution in [3.05, 3.63) is 64.7 Å². The molecule has 1 heterocycles. The molecule has 0 spiro atoms. The van der Waals surface area contributed by atoms with Crippen LogP contribution in [0.3, 0.4) is 0 Å². The van der Waals surface area contributed by atoms with Gasteiger partial charge in [0, 0.05) is 12.2 Å². The van der Waals surface area contributed by atoms with Crippen LogP contribution in [0.4, 0.5) is 5.69 Å². The fraction of sp³-hybridized carbons (Fsp3) is 0.250. The average molecular weight is 351 g/mol. The lowest BCUT2D eigenvalue weighted by Gasteiger charge is -2.15. The molecule has 2 aromatic rings. The molecule has 0 saturated heterocycles. The van der Waals surface area contributed by atoms with Gasteiger partial charge in [0.15, 0.2) is 0 Å². The SMILES string of the molecule is CCNCc1ccccc1NC(=O)CN1C(=O)c2ccc(C)cc2C1=O. The number of fused-ring (bicyclic) bond motifs is 1. The molecule has 6 nitrogen and oxygen atoms in total. The monoisotopic (exact) mass is 351 g/mol. The highest BCUT2D eigenvalue weighted by atomic mass is 16.2. The molecule has 134 valence electrons. The van der Waals surface area contributed by atoms with Crippen molar-refractivity contribution in [3.63, 3.8) is 0 Å². The van der Waals surface area contributed by atoms with Crippen molar-refractivity contribution < 1.29 is 14.4 Å². The van der Waals surface area contributed by atoms with Gasteiger partial charge in [0.2, 0.25) is 5.91 Å². The number of amides is 3. The number of anilines is 1. The minimum absolute atomic E-state index is 0.305. The number of para-hydroxylation sites is 1. The van der Waals surface area contributed by atoms with Gasteiger partial charge >= 0.3 is 0 Å². The van der Waals surface area contributed by atoms with Gasteiger partial charge in [-0.2, -0.15) is 0 Å². The zero-order valence-corrected chi connectivity index (χ0v) is 14.8. The van der Waals surface area contributed by atoms with E-state index >= 15 is 0 Å². The number of aryl methyl sites for hydroxylation is 1. The topological polar surface area (TPSA) is 78.5 Å². The standard InChI is InChI=1S/C20H21N3O3/c1-3-21-11-14-6-4-5-7-17(14)22-18(24)12-23-19(25)15-9-8-13(2)10-16(15)20(23)26/h4-10,21H,3,11-12H2,1-2H3,(H,22,24). The molecule has 3 amide bonds. The molecule has 0 aliphatic carbocycles. The van der Waals surface area contributed by atoms with E-state index in [-0.39, 0.29) is 6.54 Å². The molecule has 6 heteroatoms. The Morgan fingerprint density at radius 2 is 1.77 bits per heavy atom. The maximum atomic E-state index is 12.5. The first kappa shape index (κ1) is 17.8. The third kappa shape index (κ3) is 3.50. The van der Waals surface area contributed by atoms with Crippen LogP contribution >= 0.6 is 0 Å². The van der Waals surface area contributed by atoms with Crippen molar-refractivity contribution in [3.8, 4) is 0 Å². The molecule has 0 fully saturated rings. The summed E-state index contributed by atoms with van der Waals surface area (Å²) in [7, 11) is 0. The molecule has 0 saturated carbocycles. The van der Waals surface area contributed by atoms with E-state index < -0.39 is 17.7 Å². The molecule has 0 unspecified atom stereocenters. The van der Waals surface area contributed by atoms with Crippen molar-refractivity contribution in [2.24, 2.45) is 0 Å². The molecule has 1 aliphatic heterocycles. The molecular weight excluding hydrogens is 330 g/mol. The summed E-state index contributed by atoms with van der Waals surface area (Å²) in [4.78, 5) is 38.3. The van der Waals surface area contributed by atoms with Gasteiger partial charge in [-0.15, -0.1) is 0 Å². The smallest absolute Gasteiger partial charge is 0.262 e. The number of nitrogens with one attached hydrogen (secondary N) is 2. The van der Waals surface area contributed by atoms with Crippen LogP contribution in [0.25, 0.3) is 0 Å². The van der Waals surface area contributed by atoms with Crippen molar-refractivity contribution in [1.29, 1.82) is 0 Å². The first-order valence-electron chi connectivity index (χ1n) is 8.56. The van der Waals surface area contributed by atoms with E-state index in [2.05, 4.69) is 10.6 Å². The summed E-state index contributed by atoms with van der Waals surface area (Å²) in [6.07, 6.45) is 0. The molecule has 2 N–H and O–H groups in total. The Labute approximate surface area is 152 Å². The molecule has 0 atom stereocenters. The Hall–Kier alpha value is -2.99. The summed E-state index contributed by atoms with van der Waals surface area (Å²) in [5.41, 5.74) is 3.22. The second-order valence-corrected chi connectivity index (χ2v) is 6.23. The lowest BCUT2D eigenvalue weighted by atomic mass is 10.1. The predicted octanol–water partition coefficient (Wildman–Crippen LogP) is 2.34. The molecule has 1 aliphatic rings. The zero-order valence-electron chi connectivity index (χ0n) is 14.8. The van der Waals surface area contributed by atoms with Crippen LogP contribution in [0, 0.1) is 6.92 Å². The predicted molar refractivity (Wildman–Crippen MR) is 99.0 cm³/mol. The molecule has 0 radical (unpaired) electrons. The highest BCUT2D eigenvalue weighted by Crippen LogP contribution is 2.24. The number of carbonyl (C=O) groups excluding carboxylic acids is 3. The lowest BCUT2D eigenvalue weighted by molar-refractivity contribution is -0.116. The van der Waals surface area contributed by atoms with E-state index in [9.17, 15) is 14.4 Å². The second-order valence-electron chi connectivity index (χ2n) is 6.23. The Balaban J connectivity index is 1.72. The van der Waals surface area contributed by atoms with Crippen LogP contribution in [0.5, 0.6) is 0 Å². The minimum atomic E-state index is -0.430. The molecule has 0 aromatic heterocycles. The number of benzene rings is 2. The van der Waals surface area contributed by atoms with Gasteiger partial charge < -0.3 is 10.6 Å². The molecule has 3 rings (SSSR count). The van der Waals surface area contributed by atoms with E-state index in [4.69, 9.17) is 0 Å². The molecule has 2 aromatic carbocycles. The van der Waals surface area contributed by atoms with Crippen LogP contribution in [0.2, 0.25) is 0 Å². The van der Waals surface area contributed by atoms with Crippen LogP contribution in [-0.4, -0.2) is 35.7 Å². The van der Waals surface area contributed by atoms with Crippen LogP contribution in [-0.2, 0) is 11.3 Å². The van der Waals surface area contributed by atoms with Gasteiger partial charge in [0.25, 0.3) is 11.8 Å². The third-order valence-corrected chi connectivity index (χ3v) is 4.28.